The number of ether oxygens (including phenoxy) is 1. The van der Waals surface area contributed by atoms with Crippen molar-refractivity contribution in [2.45, 2.75) is 25.9 Å². The van der Waals surface area contributed by atoms with Crippen molar-refractivity contribution in [2.24, 2.45) is 11.8 Å². The molecule has 4 heteroatoms. The number of nitrogens with two attached hydrogens (primary N) is 1. The lowest BCUT2D eigenvalue weighted by Crippen LogP contribution is -2.89. The molecule has 72 valence electrons. The molecule has 0 aromatic heterocycles. The Morgan fingerprint density at radius 3 is 2.92 bits per heavy atom. The highest BCUT2D eigenvalue weighted by Crippen LogP contribution is 2.40. The van der Waals surface area contributed by atoms with Crippen LogP contribution in [0.5, 0.6) is 0 Å². The van der Waals surface area contributed by atoms with Crippen molar-refractivity contribution in [1.29, 1.82) is 0 Å². The number of hydrogen-bond donors (Lipinski definition) is 1. The third-order valence-corrected chi connectivity index (χ3v) is 2.88. The molecule has 2 fully saturated rings. The molecule has 0 radical (unpaired) electrons. The number of amides is 1. The first-order valence-electron chi connectivity index (χ1n) is 4.80. The van der Waals surface area contributed by atoms with E-state index >= 15 is 0 Å². The fraction of sp³-hybridized carbons (Fsp3) is 0.778. The van der Waals surface area contributed by atoms with Crippen molar-refractivity contribution in [3.63, 3.8) is 0 Å². The van der Waals surface area contributed by atoms with Crippen LogP contribution < -0.4 is 5.32 Å². The Morgan fingerprint density at radius 2 is 2.38 bits per heavy atom. The number of rotatable bonds is 2. The van der Waals surface area contributed by atoms with Crippen LogP contribution in [0.15, 0.2) is 0 Å². The maximum Gasteiger partial charge on any atom is 0.314 e. The minimum atomic E-state index is -0.167. The smallest absolute Gasteiger partial charge is 0.314 e. The number of carbonyl (C=O) groups excluding carboxylic acids is 2. The zero-order valence-electron chi connectivity index (χ0n) is 7.66. The van der Waals surface area contributed by atoms with Crippen LogP contribution in [0.25, 0.3) is 0 Å². The molecule has 1 aliphatic heterocycles. The Kier molecular flexibility index (Phi) is 2.07. The molecule has 1 saturated heterocycles. The van der Waals surface area contributed by atoms with Crippen LogP contribution in [0, 0.1) is 11.8 Å². The first-order valence-corrected chi connectivity index (χ1v) is 4.80. The lowest BCUT2D eigenvalue weighted by Gasteiger charge is -2.17. The quantitative estimate of drug-likeness (QED) is 0.563. The molecule has 2 N–H and O–H groups in total. The summed E-state index contributed by atoms with van der Waals surface area (Å²) in [6.07, 6.45) is 1.52. The predicted molar refractivity (Wildman–Crippen MR) is 43.6 cm³/mol. The van der Waals surface area contributed by atoms with Gasteiger partial charge >= 0.3 is 11.9 Å². The summed E-state index contributed by atoms with van der Waals surface area (Å²) in [5.41, 5.74) is 0. The molecule has 4 nitrogen and oxygen atoms in total. The first kappa shape index (κ1) is 8.69. The van der Waals surface area contributed by atoms with Gasteiger partial charge in [-0.15, -0.1) is 0 Å². The zero-order chi connectivity index (χ0) is 9.42. The molecule has 3 atom stereocenters. The van der Waals surface area contributed by atoms with E-state index in [1.165, 1.54) is 0 Å². The average Bonchev–Trinajstić information content (AvgIpc) is 2.62. The van der Waals surface area contributed by atoms with Gasteiger partial charge in [0.25, 0.3) is 0 Å². The molecule has 0 aromatic carbocycles. The second-order valence-corrected chi connectivity index (χ2v) is 3.76. The number of hydrogen-bond acceptors (Lipinski definition) is 3. The van der Waals surface area contributed by atoms with Gasteiger partial charge in [-0.05, 0) is 13.3 Å². The van der Waals surface area contributed by atoms with E-state index < -0.39 is 0 Å². The van der Waals surface area contributed by atoms with Gasteiger partial charge in [0, 0.05) is 6.42 Å². The molecule has 2 bridgehead atoms. The van der Waals surface area contributed by atoms with E-state index in [0.717, 1.165) is 19.4 Å². The van der Waals surface area contributed by atoms with Gasteiger partial charge in [-0.1, -0.05) is 0 Å². The highest BCUT2D eigenvalue weighted by Gasteiger charge is 2.52. The molecule has 2 aliphatic rings. The summed E-state index contributed by atoms with van der Waals surface area (Å²) < 4.78 is 5.01. The summed E-state index contributed by atoms with van der Waals surface area (Å²) in [7, 11) is 0. The molecule has 2 rings (SSSR count). The van der Waals surface area contributed by atoms with Gasteiger partial charge < -0.3 is 4.74 Å². The molecule has 13 heavy (non-hydrogen) atoms. The van der Waals surface area contributed by atoms with Gasteiger partial charge in [-0.25, -0.2) is 4.79 Å². The van der Waals surface area contributed by atoms with Crippen molar-refractivity contribution in [3.8, 4) is 0 Å². The Hall–Kier alpha value is -0.900. The van der Waals surface area contributed by atoms with E-state index in [4.69, 9.17) is 4.74 Å². The van der Waals surface area contributed by atoms with E-state index in [2.05, 4.69) is 0 Å². The van der Waals surface area contributed by atoms with E-state index in [9.17, 15) is 9.59 Å². The van der Waals surface area contributed by atoms with E-state index in [0.29, 0.717) is 0 Å². The van der Waals surface area contributed by atoms with Crippen LogP contribution in [-0.4, -0.2) is 24.5 Å². The monoisotopic (exact) mass is 184 g/mol. The second-order valence-electron chi connectivity index (χ2n) is 3.76. The van der Waals surface area contributed by atoms with Gasteiger partial charge in [0.2, 0.25) is 0 Å². The molecular formula is C9H14NO3+. The maximum atomic E-state index is 11.5. The van der Waals surface area contributed by atoms with Gasteiger partial charge in [-0.3, -0.25) is 10.1 Å². The summed E-state index contributed by atoms with van der Waals surface area (Å²) in [4.78, 5) is 22.7. The fourth-order valence-electron chi connectivity index (χ4n) is 2.27. The van der Waals surface area contributed by atoms with Crippen molar-refractivity contribution < 1.29 is 19.6 Å². The lowest BCUT2D eigenvalue weighted by molar-refractivity contribution is -0.568. The van der Waals surface area contributed by atoms with E-state index in [1.807, 2.05) is 6.92 Å². The van der Waals surface area contributed by atoms with Crippen LogP contribution in [-0.2, 0) is 14.3 Å². The van der Waals surface area contributed by atoms with Crippen LogP contribution in [0.2, 0.25) is 0 Å². The molecule has 0 spiro atoms. The number of esters is 1. The standard InChI is InChI=1S/C9H13NO3/c1-2-10-8(11)6-3-5-4-7(6)9(12)13-5/h5-7H,2-4H2,1H3,(H,10,11)/p+1. The second kappa shape index (κ2) is 3.10. The van der Waals surface area contributed by atoms with Gasteiger partial charge in [0.1, 0.15) is 6.10 Å². The molecule has 1 aliphatic carbocycles. The zero-order valence-corrected chi connectivity index (χ0v) is 7.66. The van der Waals surface area contributed by atoms with Crippen LogP contribution in [0.1, 0.15) is 19.8 Å². The number of carbonyl (C=O) groups is 2. The molecular weight excluding hydrogens is 170 g/mol. The van der Waals surface area contributed by atoms with Crippen molar-refractivity contribution in [2.75, 3.05) is 6.54 Å². The molecule has 3 unspecified atom stereocenters. The summed E-state index contributed by atoms with van der Waals surface area (Å²) >= 11 is 0. The van der Waals surface area contributed by atoms with Gasteiger partial charge in [0.15, 0.2) is 0 Å². The van der Waals surface area contributed by atoms with Gasteiger partial charge in [-0.2, -0.15) is 0 Å². The van der Waals surface area contributed by atoms with E-state index in [-0.39, 0.29) is 29.8 Å². The minimum absolute atomic E-state index is 0.0247. The third kappa shape index (κ3) is 1.35. The Bertz CT molecular complexity index is 251. The molecule has 1 saturated carbocycles. The largest absolute Gasteiger partial charge is 0.462 e. The highest BCUT2D eigenvalue weighted by molar-refractivity contribution is 5.83. The van der Waals surface area contributed by atoms with Crippen molar-refractivity contribution >= 4 is 11.9 Å². The molecule has 1 heterocycles. The fourth-order valence-corrected chi connectivity index (χ4v) is 2.27. The number of fused-ring (bicyclic) bond motifs is 2. The SMILES string of the molecule is CC[NH2+]C(=O)C1CC2CC1C(=O)O2. The average molecular weight is 184 g/mol. The van der Waals surface area contributed by atoms with Crippen LogP contribution in [0.4, 0.5) is 0 Å². The molecule has 0 aromatic rings. The number of quaternary nitrogens is 1. The van der Waals surface area contributed by atoms with Crippen LogP contribution in [0.3, 0.4) is 0 Å². The van der Waals surface area contributed by atoms with Crippen molar-refractivity contribution in [3.05, 3.63) is 0 Å². The van der Waals surface area contributed by atoms with Crippen LogP contribution >= 0.6 is 0 Å². The Morgan fingerprint density at radius 1 is 1.62 bits per heavy atom. The third-order valence-electron chi connectivity index (χ3n) is 2.88. The summed E-state index contributed by atoms with van der Waals surface area (Å²) in [5.74, 6) is -0.253. The Labute approximate surface area is 76.6 Å². The summed E-state index contributed by atoms with van der Waals surface area (Å²) in [5, 5.41) is 1.68. The summed E-state index contributed by atoms with van der Waals surface area (Å²) in [6, 6.07) is 0. The minimum Gasteiger partial charge on any atom is -0.462 e. The Balaban J connectivity index is 2.03. The predicted octanol–water partition coefficient (Wildman–Crippen LogP) is -0.952. The number of primary amides is 1. The maximum absolute atomic E-state index is 11.5. The first-order chi connectivity index (χ1) is 6.22. The van der Waals surface area contributed by atoms with Crippen molar-refractivity contribution in [1.82, 2.24) is 0 Å². The topological polar surface area (TPSA) is 60.0 Å². The van der Waals surface area contributed by atoms with E-state index in [1.54, 1.807) is 5.32 Å². The summed E-state index contributed by atoms with van der Waals surface area (Å²) in [6.45, 7) is 2.69. The normalized spacial score (nSPS) is 36.4. The lowest BCUT2D eigenvalue weighted by atomic mass is 9.95. The highest BCUT2D eigenvalue weighted by atomic mass is 16.6. The molecule has 1 amide bonds. The van der Waals surface area contributed by atoms with Gasteiger partial charge in [0.05, 0.1) is 18.4 Å².